The van der Waals surface area contributed by atoms with E-state index in [1.54, 1.807) is 11.2 Å². The van der Waals surface area contributed by atoms with Gasteiger partial charge in [-0.2, -0.15) is 0 Å². The van der Waals surface area contributed by atoms with Gasteiger partial charge < -0.3 is 4.74 Å². The molecule has 1 nitrogen and oxygen atoms in total. The Kier molecular flexibility index (Phi) is 4.54. The van der Waals surface area contributed by atoms with Gasteiger partial charge in [-0.1, -0.05) is 46.3 Å². The number of rotatable bonds is 4. The van der Waals surface area contributed by atoms with E-state index in [4.69, 9.17) is 4.74 Å². The van der Waals surface area contributed by atoms with Gasteiger partial charge >= 0.3 is 0 Å². The highest BCUT2D eigenvalue weighted by atomic mass is 79.9. The lowest BCUT2D eigenvalue weighted by Gasteiger charge is -1.99. The van der Waals surface area contributed by atoms with Gasteiger partial charge in [0.25, 0.3) is 0 Å². The molecule has 1 aromatic rings. The summed E-state index contributed by atoms with van der Waals surface area (Å²) in [5.74, 6) is 0. The van der Waals surface area contributed by atoms with E-state index in [0.29, 0.717) is 0 Å². The number of benzene rings is 1. The van der Waals surface area contributed by atoms with Gasteiger partial charge in [-0.05, 0) is 5.56 Å². The lowest BCUT2D eigenvalue weighted by Crippen LogP contribution is -1.92. The molecule has 0 saturated heterocycles. The molecule has 0 saturated carbocycles. The summed E-state index contributed by atoms with van der Waals surface area (Å²) in [5, 5.41) is 0. The fourth-order valence-corrected chi connectivity index (χ4v) is 1.08. The van der Waals surface area contributed by atoms with Gasteiger partial charge in [0.05, 0.1) is 12.9 Å². The highest BCUT2D eigenvalue weighted by Crippen LogP contribution is 1.99. The first kappa shape index (κ1) is 9.33. The highest BCUT2D eigenvalue weighted by molar-refractivity contribution is 9.11. The Balaban J connectivity index is 2.24. The molecule has 0 bridgehead atoms. The lowest BCUT2D eigenvalue weighted by atomic mass is 10.2. The average Bonchev–Trinajstić information content (AvgIpc) is 2.14. The minimum atomic E-state index is 0.728. The molecule has 0 heterocycles. The van der Waals surface area contributed by atoms with E-state index in [0.717, 1.165) is 13.0 Å². The molecule has 0 spiro atoms. The SMILES string of the molecule is Br/C=C\OCCc1ccccc1. The smallest absolute Gasteiger partial charge is 0.0913 e. The molecule has 12 heavy (non-hydrogen) atoms. The van der Waals surface area contributed by atoms with E-state index < -0.39 is 0 Å². The zero-order valence-corrected chi connectivity index (χ0v) is 8.33. The van der Waals surface area contributed by atoms with Crippen LogP contribution in [0.4, 0.5) is 0 Å². The summed E-state index contributed by atoms with van der Waals surface area (Å²) < 4.78 is 5.16. The Morgan fingerprint density at radius 1 is 1.25 bits per heavy atom. The van der Waals surface area contributed by atoms with Crippen LogP contribution in [0.25, 0.3) is 0 Å². The fraction of sp³-hybridized carbons (Fsp3) is 0.200. The summed E-state index contributed by atoms with van der Waals surface area (Å²) >= 11 is 3.13. The van der Waals surface area contributed by atoms with Crippen molar-refractivity contribution in [2.24, 2.45) is 0 Å². The summed E-state index contributed by atoms with van der Waals surface area (Å²) in [6.45, 7) is 0.728. The molecule has 0 aliphatic rings. The van der Waals surface area contributed by atoms with E-state index in [1.807, 2.05) is 18.2 Å². The predicted molar refractivity (Wildman–Crippen MR) is 54.2 cm³/mol. The Morgan fingerprint density at radius 3 is 2.67 bits per heavy atom. The van der Waals surface area contributed by atoms with Crippen LogP contribution in [0, 0.1) is 0 Å². The zero-order chi connectivity index (χ0) is 8.65. The van der Waals surface area contributed by atoms with Crippen LogP contribution < -0.4 is 0 Å². The van der Waals surface area contributed by atoms with Crippen molar-refractivity contribution in [3.63, 3.8) is 0 Å². The van der Waals surface area contributed by atoms with Crippen LogP contribution in [0.5, 0.6) is 0 Å². The number of halogens is 1. The van der Waals surface area contributed by atoms with E-state index in [-0.39, 0.29) is 0 Å². The molecule has 0 aliphatic heterocycles. The Hall–Kier alpha value is -0.760. The van der Waals surface area contributed by atoms with Crippen LogP contribution in [-0.2, 0) is 11.2 Å². The van der Waals surface area contributed by atoms with Crippen LogP contribution >= 0.6 is 15.9 Å². The zero-order valence-electron chi connectivity index (χ0n) is 6.74. The molecular weight excluding hydrogens is 216 g/mol. The Bertz CT molecular complexity index is 231. The molecule has 0 N–H and O–H groups in total. The molecule has 0 radical (unpaired) electrons. The molecule has 0 aromatic heterocycles. The first-order valence-corrected chi connectivity index (χ1v) is 4.76. The quantitative estimate of drug-likeness (QED) is 0.567. The molecular formula is C10H11BrO. The molecule has 2 heteroatoms. The lowest BCUT2D eigenvalue weighted by molar-refractivity contribution is 0.254. The summed E-state index contributed by atoms with van der Waals surface area (Å²) in [6, 6.07) is 10.3. The summed E-state index contributed by atoms with van der Waals surface area (Å²) in [6.07, 6.45) is 2.60. The summed E-state index contributed by atoms with van der Waals surface area (Å²) in [5.41, 5.74) is 1.31. The van der Waals surface area contributed by atoms with Crippen molar-refractivity contribution in [2.45, 2.75) is 6.42 Å². The Labute approximate surface area is 81.2 Å². The van der Waals surface area contributed by atoms with Crippen LogP contribution in [0.3, 0.4) is 0 Å². The maximum absolute atomic E-state index is 5.16. The van der Waals surface area contributed by atoms with E-state index in [9.17, 15) is 0 Å². The molecule has 1 aromatic carbocycles. The minimum Gasteiger partial charge on any atom is -0.500 e. The monoisotopic (exact) mass is 226 g/mol. The van der Waals surface area contributed by atoms with Crippen molar-refractivity contribution >= 4 is 15.9 Å². The maximum Gasteiger partial charge on any atom is 0.0913 e. The third-order valence-corrected chi connectivity index (χ3v) is 1.71. The highest BCUT2D eigenvalue weighted by Gasteiger charge is 1.88. The molecule has 0 aliphatic carbocycles. The molecule has 0 amide bonds. The van der Waals surface area contributed by atoms with Crippen molar-refractivity contribution < 1.29 is 4.74 Å². The van der Waals surface area contributed by atoms with Gasteiger partial charge in [0, 0.05) is 11.4 Å². The van der Waals surface area contributed by atoms with E-state index >= 15 is 0 Å². The summed E-state index contributed by atoms with van der Waals surface area (Å²) in [7, 11) is 0. The van der Waals surface area contributed by atoms with E-state index in [1.165, 1.54) is 5.56 Å². The van der Waals surface area contributed by atoms with Crippen molar-refractivity contribution in [3.05, 3.63) is 47.1 Å². The van der Waals surface area contributed by atoms with Gasteiger partial charge in [-0.15, -0.1) is 0 Å². The normalized spacial score (nSPS) is 10.4. The van der Waals surface area contributed by atoms with Gasteiger partial charge in [0.2, 0.25) is 0 Å². The standard InChI is InChI=1S/C10H11BrO/c11-7-9-12-8-6-10-4-2-1-3-5-10/h1-5,7,9H,6,8H2/b9-7-. The van der Waals surface area contributed by atoms with Crippen molar-refractivity contribution in [2.75, 3.05) is 6.61 Å². The molecule has 0 atom stereocenters. The van der Waals surface area contributed by atoms with Crippen LogP contribution in [0.15, 0.2) is 41.6 Å². The third kappa shape index (κ3) is 3.58. The first-order valence-electron chi connectivity index (χ1n) is 3.84. The third-order valence-electron chi connectivity index (χ3n) is 1.50. The van der Waals surface area contributed by atoms with Gasteiger partial charge in [-0.25, -0.2) is 0 Å². The van der Waals surface area contributed by atoms with Gasteiger partial charge in [0.1, 0.15) is 0 Å². The molecule has 0 unspecified atom stereocenters. The second-order valence-corrected chi connectivity index (χ2v) is 2.90. The second-order valence-electron chi connectivity index (χ2n) is 2.37. The summed E-state index contributed by atoms with van der Waals surface area (Å²) in [4.78, 5) is 1.71. The van der Waals surface area contributed by atoms with Gasteiger partial charge in [-0.3, -0.25) is 0 Å². The molecule has 1 rings (SSSR count). The number of ether oxygens (including phenoxy) is 1. The molecule has 0 fully saturated rings. The minimum absolute atomic E-state index is 0.728. The number of hydrogen-bond donors (Lipinski definition) is 0. The van der Waals surface area contributed by atoms with Crippen LogP contribution in [0.1, 0.15) is 5.56 Å². The van der Waals surface area contributed by atoms with Gasteiger partial charge in [0.15, 0.2) is 0 Å². The second kappa shape index (κ2) is 5.84. The predicted octanol–water partition coefficient (Wildman–Crippen LogP) is 3.11. The fourth-order valence-electron chi connectivity index (χ4n) is 0.926. The van der Waals surface area contributed by atoms with Crippen molar-refractivity contribution in [3.8, 4) is 0 Å². The Morgan fingerprint density at radius 2 is 2.00 bits per heavy atom. The van der Waals surface area contributed by atoms with Crippen molar-refractivity contribution in [1.29, 1.82) is 0 Å². The molecule has 64 valence electrons. The maximum atomic E-state index is 5.16. The van der Waals surface area contributed by atoms with E-state index in [2.05, 4.69) is 28.1 Å². The number of hydrogen-bond acceptors (Lipinski definition) is 1. The topological polar surface area (TPSA) is 9.23 Å². The average molecular weight is 227 g/mol. The van der Waals surface area contributed by atoms with Crippen LogP contribution in [0.2, 0.25) is 0 Å². The van der Waals surface area contributed by atoms with Crippen LogP contribution in [-0.4, -0.2) is 6.61 Å². The first-order chi connectivity index (χ1) is 5.93. The van der Waals surface area contributed by atoms with Crippen molar-refractivity contribution in [1.82, 2.24) is 0 Å². The largest absolute Gasteiger partial charge is 0.500 e.